The molecule has 2 aromatic rings. The van der Waals surface area contributed by atoms with E-state index >= 15 is 0 Å². The molecule has 0 spiro atoms. The van der Waals surface area contributed by atoms with Gasteiger partial charge in [0.05, 0.1) is 45.0 Å². The van der Waals surface area contributed by atoms with Crippen molar-refractivity contribution in [3.05, 3.63) is 54.1 Å². The smallest absolute Gasteiger partial charge is 0.407 e. The van der Waals surface area contributed by atoms with Crippen molar-refractivity contribution in [2.75, 3.05) is 53.1 Å². The van der Waals surface area contributed by atoms with E-state index in [0.29, 0.717) is 25.5 Å². The van der Waals surface area contributed by atoms with E-state index in [2.05, 4.69) is 10.6 Å². The Morgan fingerprint density at radius 3 is 2.73 bits per heavy atom. The molecular formula is C32H45N3O9S. The fraction of sp³-hybridized carbons (Fsp3) is 0.594. The molecule has 45 heavy (non-hydrogen) atoms. The molecule has 12 nitrogen and oxygen atoms in total. The maximum Gasteiger partial charge on any atom is 0.407 e. The molecule has 3 aliphatic heterocycles. The second-order valence-corrected chi connectivity index (χ2v) is 13.6. The third kappa shape index (κ3) is 8.87. The number of fused-ring (bicyclic) bond motifs is 2. The second-order valence-electron chi connectivity index (χ2n) is 11.7. The second kappa shape index (κ2) is 16.1. The molecule has 0 saturated carbocycles. The van der Waals surface area contributed by atoms with Gasteiger partial charge in [0.1, 0.15) is 22.5 Å². The average Bonchev–Trinajstić information content (AvgIpc) is 3.66. The zero-order chi connectivity index (χ0) is 31.6. The first kappa shape index (κ1) is 33.4. The largest absolute Gasteiger partial charge is 0.497 e. The van der Waals surface area contributed by atoms with E-state index in [0.717, 1.165) is 44.2 Å². The van der Waals surface area contributed by atoms with Gasteiger partial charge in [-0.1, -0.05) is 43.2 Å². The lowest BCUT2D eigenvalue weighted by Crippen LogP contribution is -2.52. The van der Waals surface area contributed by atoms with E-state index in [1.807, 2.05) is 30.3 Å². The number of carbonyl (C=O) groups excluding carboxylic acids is 1. The third-order valence-corrected chi connectivity index (χ3v) is 10.4. The van der Waals surface area contributed by atoms with Gasteiger partial charge in [0.2, 0.25) is 10.0 Å². The van der Waals surface area contributed by atoms with E-state index in [1.165, 1.54) is 17.5 Å². The highest BCUT2D eigenvalue weighted by molar-refractivity contribution is 7.89. The Morgan fingerprint density at radius 1 is 1.09 bits per heavy atom. The summed E-state index contributed by atoms with van der Waals surface area (Å²) in [6.45, 7) is 2.15. The van der Waals surface area contributed by atoms with Gasteiger partial charge in [0.15, 0.2) is 6.29 Å². The van der Waals surface area contributed by atoms with E-state index in [1.54, 1.807) is 12.1 Å². The van der Waals surface area contributed by atoms with Gasteiger partial charge in [0, 0.05) is 25.7 Å². The minimum Gasteiger partial charge on any atom is -0.497 e. The Labute approximate surface area is 265 Å². The molecule has 2 aromatic carbocycles. The number of amides is 1. The van der Waals surface area contributed by atoms with Crippen LogP contribution >= 0.6 is 0 Å². The number of hydrogen-bond acceptors (Lipinski definition) is 10. The highest BCUT2D eigenvalue weighted by atomic mass is 32.2. The Morgan fingerprint density at radius 2 is 1.91 bits per heavy atom. The van der Waals surface area contributed by atoms with Crippen molar-refractivity contribution in [1.82, 2.24) is 14.9 Å². The van der Waals surface area contributed by atoms with Gasteiger partial charge in [-0.05, 0) is 49.9 Å². The number of benzene rings is 2. The molecular weight excluding hydrogens is 602 g/mol. The van der Waals surface area contributed by atoms with E-state index in [4.69, 9.17) is 23.7 Å². The molecule has 5 rings (SSSR count). The molecule has 0 radical (unpaired) electrons. The molecule has 1 amide bonds. The van der Waals surface area contributed by atoms with Crippen LogP contribution in [-0.2, 0) is 30.7 Å². The maximum absolute atomic E-state index is 14.2. The number of hydrogen-bond donors (Lipinski definition) is 3. The average molecular weight is 648 g/mol. The van der Waals surface area contributed by atoms with Gasteiger partial charge < -0.3 is 39.4 Å². The summed E-state index contributed by atoms with van der Waals surface area (Å²) in [7, 11) is -2.62. The fourth-order valence-electron chi connectivity index (χ4n) is 5.96. The SMILES string of the molecule is COc1ccc2c(c1)OCCCCCCNCCN(C[C@@H](O)[C@H](Cc1ccccc1)NC(=O)O[C@H]1CO[C@H]3OCC[C@H]31)S2(=O)=O. The molecule has 0 unspecified atom stereocenters. The van der Waals surface area contributed by atoms with E-state index in [-0.39, 0.29) is 49.0 Å². The summed E-state index contributed by atoms with van der Waals surface area (Å²) in [5.74, 6) is 0.643. The van der Waals surface area contributed by atoms with Crippen LogP contribution in [0.1, 0.15) is 37.7 Å². The summed E-state index contributed by atoms with van der Waals surface area (Å²) >= 11 is 0. The monoisotopic (exact) mass is 647 g/mol. The van der Waals surface area contributed by atoms with Crippen LogP contribution < -0.4 is 20.1 Å². The van der Waals surface area contributed by atoms with E-state index in [9.17, 15) is 18.3 Å². The predicted molar refractivity (Wildman–Crippen MR) is 166 cm³/mol. The topological polar surface area (TPSA) is 145 Å². The van der Waals surface area contributed by atoms with Crippen molar-refractivity contribution in [3.63, 3.8) is 0 Å². The molecule has 0 aromatic heterocycles. The number of ether oxygens (including phenoxy) is 5. The first-order valence-electron chi connectivity index (χ1n) is 15.8. The van der Waals surface area contributed by atoms with Crippen LogP contribution in [0.3, 0.4) is 0 Å². The Balaban J connectivity index is 1.37. The molecule has 13 heteroatoms. The summed E-state index contributed by atoms with van der Waals surface area (Å²) in [6.07, 6.45) is 1.96. The van der Waals surface area contributed by atoms with Gasteiger partial charge in [0.25, 0.3) is 0 Å². The van der Waals surface area contributed by atoms with Gasteiger partial charge in [-0.15, -0.1) is 0 Å². The Kier molecular flexibility index (Phi) is 11.9. The van der Waals surface area contributed by atoms with Crippen molar-refractivity contribution in [1.29, 1.82) is 0 Å². The molecule has 3 heterocycles. The van der Waals surface area contributed by atoms with Gasteiger partial charge in [-0.3, -0.25) is 0 Å². The zero-order valence-corrected chi connectivity index (χ0v) is 26.6. The van der Waals surface area contributed by atoms with Crippen molar-refractivity contribution >= 4 is 16.1 Å². The number of alkyl carbamates (subject to hydrolysis) is 1. The highest BCUT2D eigenvalue weighted by Crippen LogP contribution is 2.33. The maximum atomic E-state index is 14.2. The minimum absolute atomic E-state index is 0.00546. The standard InChI is InChI=1S/C32H45N3O9S/c1-40-24-11-12-30-28(20-24)41-17-8-3-2-7-14-33-15-16-35(45(30,38)39)21-27(36)26(19-23-9-5-4-6-10-23)34-32(37)44-29-22-43-31-25(29)13-18-42-31/h4-6,9-12,20,25-27,29,31,33,36H,2-3,7-8,13-19,21-22H2,1H3,(H,34,37)/t25-,26-,27+,29-,31+/m0/s1. The Bertz CT molecular complexity index is 1350. The fourth-order valence-corrected chi connectivity index (χ4v) is 7.53. The van der Waals surface area contributed by atoms with Crippen LogP contribution in [0, 0.1) is 5.92 Å². The number of methoxy groups -OCH3 is 1. The molecule has 5 atom stereocenters. The van der Waals surface area contributed by atoms with Gasteiger partial charge in [-0.25, -0.2) is 13.2 Å². The highest BCUT2D eigenvalue weighted by Gasteiger charge is 2.44. The molecule has 3 aliphatic rings. The summed E-state index contributed by atoms with van der Waals surface area (Å²) < 4.78 is 57.8. The molecule has 248 valence electrons. The quantitative estimate of drug-likeness (QED) is 0.391. The minimum atomic E-state index is -4.14. The van der Waals surface area contributed by atoms with Crippen molar-refractivity contribution in [3.8, 4) is 11.5 Å². The number of nitrogens with zero attached hydrogens (tertiary/aromatic N) is 1. The number of β-amino-alcohol motifs (C(OH)–C–C–N with tert-alkyl or cyclic N) is 1. The van der Waals surface area contributed by atoms with Crippen molar-refractivity contribution in [2.24, 2.45) is 5.92 Å². The molecule has 0 aliphatic carbocycles. The van der Waals surface area contributed by atoms with Crippen LogP contribution in [0.4, 0.5) is 4.79 Å². The normalized spacial score (nSPS) is 25.5. The molecule has 2 fully saturated rings. The lowest BCUT2D eigenvalue weighted by molar-refractivity contribution is -0.0907. The van der Waals surface area contributed by atoms with Crippen LogP contribution in [0.25, 0.3) is 0 Å². The summed E-state index contributed by atoms with van der Waals surface area (Å²) in [5.41, 5.74) is 0.867. The predicted octanol–water partition coefficient (Wildman–Crippen LogP) is 2.69. The number of aliphatic hydroxyl groups excluding tert-OH is 1. The molecule has 0 bridgehead atoms. The Hall–Kier alpha value is -2.94. The van der Waals surface area contributed by atoms with Crippen molar-refractivity contribution < 1.29 is 42.0 Å². The lowest BCUT2D eigenvalue weighted by atomic mass is 10.0. The number of sulfonamides is 1. The number of aliphatic hydroxyl groups is 1. The summed E-state index contributed by atoms with van der Waals surface area (Å²) in [5, 5.41) is 17.8. The summed E-state index contributed by atoms with van der Waals surface area (Å²) in [4.78, 5) is 13.1. The van der Waals surface area contributed by atoms with Crippen LogP contribution in [0.15, 0.2) is 53.4 Å². The molecule has 2 saturated heterocycles. The van der Waals surface area contributed by atoms with Gasteiger partial charge >= 0.3 is 6.09 Å². The number of nitrogens with one attached hydrogen (secondary N) is 2. The van der Waals surface area contributed by atoms with Crippen molar-refractivity contribution in [2.45, 2.75) is 68.0 Å². The number of carbonyl (C=O) groups is 1. The molecule has 3 N–H and O–H groups in total. The lowest BCUT2D eigenvalue weighted by Gasteiger charge is -2.30. The zero-order valence-electron chi connectivity index (χ0n) is 25.8. The van der Waals surface area contributed by atoms with Crippen LogP contribution in [0.2, 0.25) is 0 Å². The van der Waals surface area contributed by atoms with Crippen LogP contribution in [0.5, 0.6) is 11.5 Å². The van der Waals surface area contributed by atoms with E-state index < -0.39 is 34.4 Å². The summed E-state index contributed by atoms with van der Waals surface area (Å²) in [6, 6.07) is 13.2. The third-order valence-electron chi connectivity index (χ3n) is 8.51. The number of rotatable bonds is 8. The van der Waals surface area contributed by atoms with Crippen LogP contribution in [-0.4, -0.2) is 102 Å². The first-order chi connectivity index (χ1) is 21.8. The van der Waals surface area contributed by atoms with Gasteiger partial charge in [-0.2, -0.15) is 4.31 Å². The first-order valence-corrected chi connectivity index (χ1v) is 17.2.